The van der Waals surface area contributed by atoms with Crippen LogP contribution in [-0.2, 0) is 19.1 Å². The molecular weight excluding hydrogens is 296 g/mol. The Morgan fingerprint density at radius 2 is 1.87 bits per heavy atom. The monoisotopic (exact) mass is 318 g/mol. The third kappa shape index (κ3) is 4.25. The number of rotatable bonds is 5. The first-order valence-electron chi connectivity index (χ1n) is 7.55. The molecule has 0 bridgehead atoms. The van der Waals surface area contributed by atoms with Crippen molar-refractivity contribution < 1.29 is 19.1 Å². The Labute approximate surface area is 136 Å². The van der Waals surface area contributed by atoms with Crippen LogP contribution in [-0.4, -0.2) is 39.2 Å². The first kappa shape index (κ1) is 16.9. The van der Waals surface area contributed by atoms with E-state index in [1.807, 2.05) is 19.1 Å². The van der Waals surface area contributed by atoms with Gasteiger partial charge in [0.1, 0.15) is 5.70 Å². The summed E-state index contributed by atoms with van der Waals surface area (Å²) < 4.78 is 9.25. The lowest BCUT2D eigenvalue weighted by Gasteiger charge is -2.20. The van der Waals surface area contributed by atoms with Crippen molar-refractivity contribution in [3.05, 3.63) is 35.5 Å². The van der Waals surface area contributed by atoms with E-state index in [1.54, 1.807) is 0 Å². The zero-order chi connectivity index (χ0) is 16.8. The number of ether oxygens (including phenoxy) is 2. The predicted molar refractivity (Wildman–Crippen MR) is 88.4 cm³/mol. The highest BCUT2D eigenvalue weighted by Crippen LogP contribution is 2.26. The molecule has 6 heteroatoms. The number of carbonyl (C=O) groups excluding carboxylic acids is 2. The van der Waals surface area contributed by atoms with E-state index in [-0.39, 0.29) is 5.70 Å². The van der Waals surface area contributed by atoms with Gasteiger partial charge in [-0.25, -0.2) is 9.59 Å². The zero-order valence-corrected chi connectivity index (χ0v) is 13.7. The molecule has 6 nitrogen and oxygen atoms in total. The van der Waals surface area contributed by atoms with E-state index in [0.717, 1.165) is 30.4 Å². The average molecular weight is 318 g/mol. The minimum Gasteiger partial charge on any atom is -0.466 e. The topological polar surface area (TPSA) is 67.9 Å². The molecule has 0 amide bonds. The van der Waals surface area contributed by atoms with Crippen LogP contribution in [0, 0.1) is 6.92 Å². The summed E-state index contributed by atoms with van der Waals surface area (Å²) in [4.78, 5) is 25.5. The van der Waals surface area contributed by atoms with Crippen molar-refractivity contribution in [1.29, 1.82) is 0 Å². The van der Waals surface area contributed by atoms with Crippen molar-refractivity contribution in [2.24, 2.45) is 0 Å². The highest BCUT2D eigenvalue weighted by molar-refractivity contribution is 5.98. The second kappa shape index (κ2) is 7.67. The Morgan fingerprint density at radius 1 is 1.17 bits per heavy atom. The zero-order valence-electron chi connectivity index (χ0n) is 13.7. The Bertz CT molecular complexity index is 619. The number of hydrogen-bond acceptors (Lipinski definition) is 6. The minimum absolute atomic E-state index is 0.0383. The first-order valence-corrected chi connectivity index (χ1v) is 7.55. The summed E-state index contributed by atoms with van der Waals surface area (Å²) in [6.45, 7) is 4.10. The van der Waals surface area contributed by atoms with Gasteiger partial charge in [0.2, 0.25) is 0 Å². The van der Waals surface area contributed by atoms with Crippen LogP contribution in [0.5, 0.6) is 0 Å². The quantitative estimate of drug-likeness (QED) is 0.663. The predicted octanol–water partition coefficient (Wildman–Crippen LogP) is 2.24. The minimum atomic E-state index is -0.626. The smallest absolute Gasteiger partial charge is 0.354 e. The molecule has 1 aromatic carbocycles. The molecule has 0 saturated carbocycles. The normalized spacial score (nSPS) is 14.6. The standard InChI is InChI=1S/C17H22N2O4/c1-12-10-13(19-8-4-5-9-19)6-7-14(12)18-15(17(21)23-3)11-16(20)22-2/h6-7,10-11,18H,4-5,8-9H2,1-3H3/b15-11+. The summed E-state index contributed by atoms with van der Waals surface area (Å²) >= 11 is 0. The van der Waals surface area contributed by atoms with Crippen LogP contribution in [0.1, 0.15) is 18.4 Å². The molecule has 0 aromatic heterocycles. The number of esters is 2. The summed E-state index contributed by atoms with van der Waals surface area (Å²) in [5, 5.41) is 2.95. The van der Waals surface area contributed by atoms with E-state index in [4.69, 9.17) is 0 Å². The number of anilines is 2. The van der Waals surface area contributed by atoms with Gasteiger partial charge < -0.3 is 19.7 Å². The molecule has 0 radical (unpaired) electrons. The van der Waals surface area contributed by atoms with Crippen LogP contribution < -0.4 is 10.2 Å². The lowest BCUT2D eigenvalue weighted by Crippen LogP contribution is -2.18. The highest BCUT2D eigenvalue weighted by Gasteiger charge is 2.16. The third-order valence-corrected chi connectivity index (χ3v) is 3.82. The van der Waals surface area contributed by atoms with Crippen molar-refractivity contribution in [2.45, 2.75) is 19.8 Å². The van der Waals surface area contributed by atoms with Crippen LogP contribution in [0.4, 0.5) is 11.4 Å². The van der Waals surface area contributed by atoms with Gasteiger partial charge >= 0.3 is 11.9 Å². The largest absolute Gasteiger partial charge is 0.466 e. The molecule has 0 unspecified atom stereocenters. The fourth-order valence-corrected chi connectivity index (χ4v) is 2.54. The van der Waals surface area contributed by atoms with Gasteiger partial charge in [-0.2, -0.15) is 0 Å². The first-order chi connectivity index (χ1) is 11.0. The maximum absolute atomic E-state index is 11.8. The summed E-state index contributed by atoms with van der Waals surface area (Å²) in [5.74, 6) is -1.25. The van der Waals surface area contributed by atoms with Crippen LogP contribution in [0.15, 0.2) is 30.0 Å². The molecular formula is C17H22N2O4. The van der Waals surface area contributed by atoms with Gasteiger partial charge in [0, 0.05) is 24.5 Å². The van der Waals surface area contributed by atoms with Crippen LogP contribution in [0.25, 0.3) is 0 Å². The number of benzene rings is 1. The lowest BCUT2D eigenvalue weighted by atomic mass is 10.1. The molecule has 1 fully saturated rings. The molecule has 1 aliphatic heterocycles. The van der Waals surface area contributed by atoms with Gasteiger partial charge in [-0.3, -0.25) is 0 Å². The van der Waals surface area contributed by atoms with E-state index >= 15 is 0 Å². The molecule has 1 heterocycles. The van der Waals surface area contributed by atoms with Crippen molar-refractivity contribution >= 4 is 23.3 Å². The molecule has 124 valence electrons. The summed E-state index contributed by atoms with van der Waals surface area (Å²) in [5.41, 5.74) is 2.93. The van der Waals surface area contributed by atoms with Crippen molar-refractivity contribution in [2.75, 3.05) is 37.5 Å². The maximum atomic E-state index is 11.8. The Morgan fingerprint density at radius 3 is 2.43 bits per heavy atom. The van der Waals surface area contributed by atoms with E-state index in [2.05, 4.69) is 25.8 Å². The molecule has 1 aliphatic rings. The van der Waals surface area contributed by atoms with Crippen LogP contribution >= 0.6 is 0 Å². The molecule has 0 atom stereocenters. The second-order valence-corrected chi connectivity index (χ2v) is 5.39. The fourth-order valence-electron chi connectivity index (χ4n) is 2.54. The van der Waals surface area contributed by atoms with Crippen molar-refractivity contribution in [3.8, 4) is 0 Å². The molecule has 1 N–H and O–H groups in total. The summed E-state index contributed by atoms with van der Waals surface area (Å²) in [7, 11) is 2.52. The van der Waals surface area contributed by atoms with E-state index < -0.39 is 11.9 Å². The molecule has 0 spiro atoms. The summed E-state index contributed by atoms with van der Waals surface area (Å²) in [6.07, 6.45) is 3.51. The molecule has 23 heavy (non-hydrogen) atoms. The Balaban J connectivity index is 2.21. The number of methoxy groups -OCH3 is 2. The highest BCUT2D eigenvalue weighted by atomic mass is 16.5. The van der Waals surface area contributed by atoms with Crippen LogP contribution in [0.2, 0.25) is 0 Å². The van der Waals surface area contributed by atoms with Crippen LogP contribution in [0.3, 0.4) is 0 Å². The van der Waals surface area contributed by atoms with Gasteiger partial charge in [0.15, 0.2) is 0 Å². The van der Waals surface area contributed by atoms with E-state index in [1.165, 1.54) is 32.7 Å². The third-order valence-electron chi connectivity index (χ3n) is 3.82. The number of nitrogens with zero attached hydrogens (tertiary/aromatic N) is 1. The Kier molecular flexibility index (Phi) is 5.62. The second-order valence-electron chi connectivity index (χ2n) is 5.39. The number of carbonyl (C=O) groups is 2. The molecule has 1 saturated heterocycles. The van der Waals surface area contributed by atoms with Gasteiger partial charge in [0.25, 0.3) is 0 Å². The fraction of sp³-hybridized carbons (Fsp3) is 0.412. The SMILES string of the molecule is COC(=O)/C=C(/Nc1ccc(N2CCCC2)cc1C)C(=O)OC. The van der Waals surface area contributed by atoms with E-state index in [9.17, 15) is 9.59 Å². The van der Waals surface area contributed by atoms with Crippen molar-refractivity contribution in [3.63, 3.8) is 0 Å². The molecule has 2 rings (SSSR count). The lowest BCUT2D eigenvalue weighted by molar-refractivity contribution is -0.138. The van der Waals surface area contributed by atoms with Gasteiger partial charge in [-0.15, -0.1) is 0 Å². The van der Waals surface area contributed by atoms with Crippen molar-refractivity contribution in [1.82, 2.24) is 0 Å². The Hall–Kier alpha value is -2.50. The maximum Gasteiger partial charge on any atom is 0.354 e. The average Bonchev–Trinajstić information content (AvgIpc) is 3.09. The van der Waals surface area contributed by atoms with E-state index in [0.29, 0.717) is 0 Å². The van der Waals surface area contributed by atoms with Gasteiger partial charge in [0.05, 0.1) is 20.3 Å². The molecule has 0 aliphatic carbocycles. The molecule has 1 aromatic rings. The van der Waals surface area contributed by atoms with Gasteiger partial charge in [-0.1, -0.05) is 0 Å². The number of nitrogens with one attached hydrogen (secondary N) is 1. The number of hydrogen-bond donors (Lipinski definition) is 1. The summed E-state index contributed by atoms with van der Waals surface area (Å²) in [6, 6.07) is 5.98. The van der Waals surface area contributed by atoms with Gasteiger partial charge in [-0.05, 0) is 43.5 Å². The number of aryl methyl sites for hydroxylation is 1.